The SMILES string of the molecule is CCCCN(CCCC)Cn1c(O)c(N=NC(=O)CON=Cc2ccc(OC)cc2)c2ccccc21. The normalized spacial score (nSPS) is 11.8. The Labute approximate surface area is 212 Å². The number of amides is 1. The van der Waals surface area contributed by atoms with Crippen molar-refractivity contribution in [2.75, 3.05) is 26.8 Å². The Kier molecular flexibility index (Phi) is 10.4. The lowest BCUT2D eigenvalue weighted by Gasteiger charge is -2.23. The van der Waals surface area contributed by atoms with Gasteiger partial charge < -0.3 is 14.7 Å². The average molecular weight is 494 g/mol. The minimum atomic E-state index is -0.606. The van der Waals surface area contributed by atoms with Crippen LogP contribution >= 0.6 is 0 Å². The Bertz CT molecular complexity index is 1160. The van der Waals surface area contributed by atoms with Crippen LogP contribution in [0.4, 0.5) is 5.69 Å². The fourth-order valence-electron chi connectivity index (χ4n) is 3.75. The van der Waals surface area contributed by atoms with Crippen LogP contribution in [0.1, 0.15) is 45.1 Å². The van der Waals surface area contributed by atoms with Crippen molar-refractivity contribution in [3.8, 4) is 11.6 Å². The van der Waals surface area contributed by atoms with Crippen LogP contribution in [0.25, 0.3) is 10.9 Å². The maximum atomic E-state index is 12.2. The molecule has 36 heavy (non-hydrogen) atoms. The standard InChI is InChI=1S/C27H35N5O4/c1-4-6-16-31(17-7-5-2)20-32-24-11-9-8-10-23(24)26(27(32)34)30-29-25(33)19-36-28-18-21-12-14-22(35-3)15-13-21/h8-15,18,34H,4-7,16-17,19-20H2,1-3H3. The molecule has 0 atom stereocenters. The topological polar surface area (TPSA) is 101 Å². The van der Waals surface area contributed by atoms with Crippen LogP contribution < -0.4 is 4.74 Å². The summed E-state index contributed by atoms with van der Waals surface area (Å²) in [6, 6.07) is 14.8. The molecule has 192 valence electrons. The molecule has 0 spiro atoms. The fourth-order valence-corrected chi connectivity index (χ4v) is 3.75. The molecule has 0 aliphatic rings. The number of hydrogen-bond donors (Lipinski definition) is 1. The van der Waals surface area contributed by atoms with E-state index in [0.717, 1.165) is 61.0 Å². The van der Waals surface area contributed by atoms with Crippen molar-refractivity contribution in [2.45, 2.75) is 46.2 Å². The molecular weight excluding hydrogens is 458 g/mol. The molecule has 0 aliphatic carbocycles. The molecule has 3 rings (SSSR count). The Morgan fingerprint density at radius 2 is 1.75 bits per heavy atom. The van der Waals surface area contributed by atoms with Crippen molar-refractivity contribution in [3.05, 3.63) is 54.1 Å². The van der Waals surface area contributed by atoms with Gasteiger partial charge in [-0.3, -0.25) is 14.3 Å². The number of carbonyl (C=O) groups is 1. The second kappa shape index (κ2) is 14.0. The number of oxime groups is 1. The predicted molar refractivity (Wildman–Crippen MR) is 141 cm³/mol. The van der Waals surface area contributed by atoms with E-state index in [2.05, 4.69) is 34.1 Å². The molecule has 1 amide bonds. The number of azo groups is 1. The summed E-state index contributed by atoms with van der Waals surface area (Å²) in [6.45, 7) is 6.42. The molecule has 0 bridgehead atoms. The Morgan fingerprint density at radius 3 is 2.42 bits per heavy atom. The third kappa shape index (κ3) is 7.39. The number of methoxy groups -OCH3 is 1. The van der Waals surface area contributed by atoms with E-state index in [1.54, 1.807) is 19.2 Å². The second-order valence-electron chi connectivity index (χ2n) is 8.46. The van der Waals surface area contributed by atoms with Crippen molar-refractivity contribution < 1.29 is 19.5 Å². The number of hydrogen-bond acceptors (Lipinski definition) is 7. The summed E-state index contributed by atoms with van der Waals surface area (Å²) in [5.74, 6) is 0.123. The van der Waals surface area contributed by atoms with E-state index in [0.29, 0.717) is 6.67 Å². The van der Waals surface area contributed by atoms with E-state index in [9.17, 15) is 9.90 Å². The maximum absolute atomic E-state index is 12.2. The molecule has 9 nitrogen and oxygen atoms in total. The highest BCUT2D eigenvalue weighted by atomic mass is 16.6. The Morgan fingerprint density at radius 1 is 1.06 bits per heavy atom. The van der Waals surface area contributed by atoms with Crippen molar-refractivity contribution in [1.82, 2.24) is 9.47 Å². The number of benzene rings is 2. The van der Waals surface area contributed by atoms with Crippen molar-refractivity contribution in [3.63, 3.8) is 0 Å². The van der Waals surface area contributed by atoms with Gasteiger partial charge in [0.25, 0.3) is 0 Å². The van der Waals surface area contributed by atoms with Crippen LogP contribution in [0.2, 0.25) is 0 Å². The first-order chi connectivity index (χ1) is 17.6. The average Bonchev–Trinajstić information content (AvgIpc) is 3.17. The fraction of sp³-hybridized carbons (Fsp3) is 0.407. The quantitative estimate of drug-likeness (QED) is 0.172. The van der Waals surface area contributed by atoms with Gasteiger partial charge in [-0.15, -0.1) is 10.2 Å². The summed E-state index contributed by atoms with van der Waals surface area (Å²) in [4.78, 5) is 19.6. The lowest BCUT2D eigenvalue weighted by atomic mass is 10.2. The number of carbonyl (C=O) groups excluding carboxylic acids is 1. The number of nitrogens with zero attached hydrogens (tertiary/aromatic N) is 5. The lowest BCUT2D eigenvalue weighted by Crippen LogP contribution is -2.28. The first-order valence-corrected chi connectivity index (χ1v) is 12.3. The zero-order chi connectivity index (χ0) is 25.8. The van der Waals surface area contributed by atoms with Gasteiger partial charge in [0.1, 0.15) is 5.75 Å². The van der Waals surface area contributed by atoms with E-state index in [1.165, 1.54) is 6.21 Å². The molecule has 1 heterocycles. The zero-order valence-electron chi connectivity index (χ0n) is 21.3. The van der Waals surface area contributed by atoms with E-state index in [4.69, 9.17) is 9.57 Å². The third-order valence-electron chi connectivity index (χ3n) is 5.76. The molecule has 3 aromatic rings. The smallest absolute Gasteiger partial charge is 0.304 e. The number of aromatic hydroxyl groups is 1. The summed E-state index contributed by atoms with van der Waals surface area (Å²) in [5.41, 5.74) is 1.91. The van der Waals surface area contributed by atoms with Crippen LogP contribution in [0.5, 0.6) is 11.6 Å². The van der Waals surface area contributed by atoms with Gasteiger partial charge in [-0.2, -0.15) is 0 Å². The van der Waals surface area contributed by atoms with Crippen LogP contribution in [0.15, 0.2) is 63.9 Å². The highest BCUT2D eigenvalue weighted by molar-refractivity contribution is 5.95. The van der Waals surface area contributed by atoms with Crippen LogP contribution in [0, 0.1) is 0 Å². The zero-order valence-corrected chi connectivity index (χ0v) is 21.3. The maximum Gasteiger partial charge on any atom is 0.304 e. The van der Waals surface area contributed by atoms with Crippen LogP contribution in [0.3, 0.4) is 0 Å². The van der Waals surface area contributed by atoms with Gasteiger partial charge in [-0.05, 0) is 61.8 Å². The summed E-state index contributed by atoms with van der Waals surface area (Å²) < 4.78 is 6.94. The van der Waals surface area contributed by atoms with Crippen molar-refractivity contribution in [2.24, 2.45) is 15.4 Å². The summed E-state index contributed by atoms with van der Waals surface area (Å²) in [5, 5.41) is 23.4. The molecular formula is C27H35N5O4. The van der Waals surface area contributed by atoms with Crippen molar-refractivity contribution >= 4 is 28.7 Å². The minimum absolute atomic E-state index is 0.0100. The van der Waals surface area contributed by atoms with Gasteiger partial charge in [0, 0.05) is 5.39 Å². The van der Waals surface area contributed by atoms with Crippen LogP contribution in [-0.2, 0) is 16.3 Å². The van der Waals surface area contributed by atoms with Crippen LogP contribution in [-0.4, -0.2) is 53.5 Å². The van der Waals surface area contributed by atoms with E-state index in [-0.39, 0.29) is 18.2 Å². The minimum Gasteiger partial charge on any atom is -0.497 e. The predicted octanol–water partition coefficient (Wildman–Crippen LogP) is 5.88. The largest absolute Gasteiger partial charge is 0.497 e. The number of ether oxygens (including phenoxy) is 1. The van der Waals surface area contributed by atoms with E-state index in [1.807, 2.05) is 41.0 Å². The lowest BCUT2D eigenvalue weighted by molar-refractivity contribution is -0.122. The Hall–Kier alpha value is -3.72. The second-order valence-corrected chi connectivity index (χ2v) is 8.46. The molecule has 1 N–H and O–H groups in total. The first-order valence-electron chi connectivity index (χ1n) is 12.3. The molecule has 0 unspecified atom stereocenters. The molecule has 0 radical (unpaired) electrons. The van der Waals surface area contributed by atoms with Gasteiger partial charge in [-0.25, -0.2) is 0 Å². The van der Waals surface area contributed by atoms with Gasteiger partial charge in [-0.1, -0.05) is 50.0 Å². The highest BCUT2D eigenvalue weighted by Crippen LogP contribution is 2.39. The monoisotopic (exact) mass is 493 g/mol. The Balaban J connectivity index is 1.68. The van der Waals surface area contributed by atoms with Crippen molar-refractivity contribution in [1.29, 1.82) is 0 Å². The van der Waals surface area contributed by atoms with E-state index < -0.39 is 5.91 Å². The number of aromatic nitrogens is 1. The molecule has 0 fully saturated rings. The molecule has 0 saturated heterocycles. The van der Waals surface area contributed by atoms with Gasteiger partial charge in [0.05, 0.1) is 25.5 Å². The number of para-hydroxylation sites is 1. The van der Waals surface area contributed by atoms with Gasteiger partial charge >= 0.3 is 5.91 Å². The van der Waals surface area contributed by atoms with Gasteiger partial charge in [0.15, 0.2) is 12.3 Å². The number of unbranched alkanes of at least 4 members (excludes halogenated alkanes) is 2. The van der Waals surface area contributed by atoms with Gasteiger partial charge in [0.2, 0.25) is 5.88 Å². The summed E-state index contributed by atoms with van der Waals surface area (Å²) in [6.07, 6.45) is 5.88. The molecule has 0 aliphatic heterocycles. The highest BCUT2D eigenvalue weighted by Gasteiger charge is 2.18. The third-order valence-corrected chi connectivity index (χ3v) is 5.76. The van der Waals surface area contributed by atoms with E-state index >= 15 is 0 Å². The summed E-state index contributed by atoms with van der Waals surface area (Å²) in [7, 11) is 1.60. The molecule has 1 aromatic heterocycles. The molecule has 9 heteroatoms. The summed E-state index contributed by atoms with van der Waals surface area (Å²) >= 11 is 0. The number of rotatable bonds is 14. The first kappa shape index (κ1) is 26.9. The number of fused-ring (bicyclic) bond motifs is 1. The molecule has 2 aromatic carbocycles. The molecule has 0 saturated carbocycles.